The normalized spacial score (nSPS) is 17.0. The third kappa shape index (κ3) is 2.31. The van der Waals surface area contributed by atoms with Gasteiger partial charge in [0.2, 0.25) is 0 Å². The molecule has 3 rings (SSSR count). The van der Waals surface area contributed by atoms with Gasteiger partial charge in [-0.25, -0.2) is 15.0 Å². The molecule has 6 heteroatoms. The Morgan fingerprint density at radius 1 is 1.26 bits per heavy atom. The number of nitrogens with zero attached hydrogens (tertiary/aromatic N) is 4. The molecule has 2 aromatic heterocycles. The molecule has 0 amide bonds. The summed E-state index contributed by atoms with van der Waals surface area (Å²) in [5.41, 5.74) is 6.34. The fraction of sp³-hybridized carbons (Fsp3) is 0.462. The van der Waals surface area contributed by atoms with Crippen molar-refractivity contribution in [2.75, 3.05) is 30.8 Å². The number of rotatable bonds is 2. The van der Waals surface area contributed by atoms with Crippen LogP contribution in [0.15, 0.2) is 18.5 Å². The molecule has 100 valence electrons. The van der Waals surface area contributed by atoms with Crippen LogP contribution in [0.1, 0.15) is 12.8 Å². The smallest absolute Gasteiger partial charge is 0.166 e. The van der Waals surface area contributed by atoms with Crippen molar-refractivity contribution in [3.63, 3.8) is 0 Å². The molecular weight excluding hydrogens is 242 g/mol. The topological polar surface area (TPSA) is 77.2 Å². The number of hydrogen-bond acceptors (Lipinski definition) is 6. The number of methoxy groups -OCH3 is 1. The summed E-state index contributed by atoms with van der Waals surface area (Å²) in [6, 6.07) is 3.73. The lowest BCUT2D eigenvalue weighted by Gasteiger charge is -2.32. The van der Waals surface area contributed by atoms with E-state index < -0.39 is 0 Å². The van der Waals surface area contributed by atoms with Crippen molar-refractivity contribution >= 4 is 22.7 Å². The molecule has 0 unspecified atom stereocenters. The lowest BCUT2D eigenvalue weighted by Crippen LogP contribution is -2.37. The van der Waals surface area contributed by atoms with E-state index in [2.05, 4.69) is 19.9 Å². The van der Waals surface area contributed by atoms with Crippen LogP contribution in [0.2, 0.25) is 0 Å². The molecule has 0 spiro atoms. The van der Waals surface area contributed by atoms with E-state index in [4.69, 9.17) is 10.5 Å². The van der Waals surface area contributed by atoms with Gasteiger partial charge in [0.05, 0.1) is 11.5 Å². The molecule has 0 atom stereocenters. The summed E-state index contributed by atoms with van der Waals surface area (Å²) in [6.07, 6.45) is 3.94. The number of aromatic nitrogens is 3. The summed E-state index contributed by atoms with van der Waals surface area (Å²) >= 11 is 0. The molecule has 1 aliphatic rings. The summed E-state index contributed by atoms with van der Waals surface area (Å²) in [5.74, 6) is 1.42. The molecule has 0 radical (unpaired) electrons. The zero-order valence-corrected chi connectivity index (χ0v) is 10.9. The van der Waals surface area contributed by atoms with Gasteiger partial charge in [-0.05, 0) is 25.0 Å². The van der Waals surface area contributed by atoms with Crippen molar-refractivity contribution in [1.82, 2.24) is 15.0 Å². The van der Waals surface area contributed by atoms with E-state index in [9.17, 15) is 0 Å². The van der Waals surface area contributed by atoms with E-state index in [0.29, 0.717) is 17.6 Å². The first-order valence-electron chi connectivity index (χ1n) is 6.43. The predicted molar refractivity (Wildman–Crippen MR) is 74.0 cm³/mol. The largest absolute Gasteiger partial charge is 0.384 e. The van der Waals surface area contributed by atoms with Crippen molar-refractivity contribution in [2.24, 2.45) is 0 Å². The fourth-order valence-electron chi connectivity index (χ4n) is 2.50. The monoisotopic (exact) mass is 259 g/mol. The van der Waals surface area contributed by atoms with E-state index in [-0.39, 0.29) is 0 Å². The number of fused-ring (bicyclic) bond motifs is 1. The molecule has 2 aromatic rings. The van der Waals surface area contributed by atoms with Gasteiger partial charge in [0.1, 0.15) is 18.0 Å². The van der Waals surface area contributed by atoms with Crippen LogP contribution in [0.4, 0.5) is 11.6 Å². The van der Waals surface area contributed by atoms with Gasteiger partial charge in [-0.1, -0.05) is 0 Å². The number of nitrogen functional groups attached to an aromatic ring is 1. The molecule has 1 aliphatic heterocycles. The summed E-state index contributed by atoms with van der Waals surface area (Å²) < 4.78 is 5.39. The van der Waals surface area contributed by atoms with Crippen LogP contribution >= 0.6 is 0 Å². The van der Waals surface area contributed by atoms with Gasteiger partial charge in [-0.3, -0.25) is 0 Å². The van der Waals surface area contributed by atoms with Crippen LogP contribution in [-0.2, 0) is 4.74 Å². The van der Waals surface area contributed by atoms with Gasteiger partial charge in [0, 0.05) is 20.2 Å². The number of pyridine rings is 1. The molecule has 1 fully saturated rings. The Kier molecular flexibility index (Phi) is 3.16. The quantitative estimate of drug-likeness (QED) is 0.873. The molecule has 3 heterocycles. The van der Waals surface area contributed by atoms with Crippen LogP contribution < -0.4 is 10.6 Å². The Bertz CT molecular complexity index is 580. The highest BCUT2D eigenvalue weighted by Gasteiger charge is 2.21. The Labute approximate surface area is 111 Å². The van der Waals surface area contributed by atoms with Crippen molar-refractivity contribution in [2.45, 2.75) is 18.9 Å². The number of ether oxygens (including phenoxy) is 1. The van der Waals surface area contributed by atoms with Crippen molar-refractivity contribution < 1.29 is 4.74 Å². The SMILES string of the molecule is COC1CCN(c2ncnc3nc(N)ccc23)CC1. The molecule has 0 aromatic carbocycles. The van der Waals surface area contributed by atoms with Crippen molar-refractivity contribution in [1.29, 1.82) is 0 Å². The van der Waals surface area contributed by atoms with Gasteiger partial charge < -0.3 is 15.4 Å². The van der Waals surface area contributed by atoms with Crippen LogP contribution in [-0.4, -0.2) is 41.3 Å². The molecule has 1 saturated heterocycles. The van der Waals surface area contributed by atoms with Crippen molar-refractivity contribution in [3.8, 4) is 0 Å². The lowest BCUT2D eigenvalue weighted by molar-refractivity contribution is 0.0818. The Morgan fingerprint density at radius 2 is 2.05 bits per heavy atom. The third-order valence-electron chi connectivity index (χ3n) is 3.57. The lowest BCUT2D eigenvalue weighted by atomic mass is 10.1. The average molecular weight is 259 g/mol. The van der Waals surface area contributed by atoms with Crippen LogP contribution in [0.3, 0.4) is 0 Å². The molecule has 0 saturated carbocycles. The molecule has 0 bridgehead atoms. The van der Waals surface area contributed by atoms with Crippen molar-refractivity contribution in [3.05, 3.63) is 18.5 Å². The first-order valence-corrected chi connectivity index (χ1v) is 6.43. The van der Waals surface area contributed by atoms with E-state index in [0.717, 1.165) is 37.1 Å². The zero-order valence-electron chi connectivity index (χ0n) is 10.9. The number of nitrogens with two attached hydrogens (primary N) is 1. The second-order valence-electron chi connectivity index (χ2n) is 4.73. The fourth-order valence-corrected chi connectivity index (χ4v) is 2.50. The standard InChI is InChI=1S/C13H17N5O/c1-19-9-4-6-18(7-5-9)13-10-2-3-11(14)17-12(10)15-8-16-13/h2-3,8-9H,4-7H2,1H3,(H2,14,15,16,17). The van der Waals surface area contributed by atoms with E-state index in [1.54, 1.807) is 19.5 Å². The van der Waals surface area contributed by atoms with Gasteiger partial charge in [0.25, 0.3) is 0 Å². The molecule has 6 nitrogen and oxygen atoms in total. The summed E-state index contributed by atoms with van der Waals surface area (Å²) in [7, 11) is 1.77. The third-order valence-corrected chi connectivity index (χ3v) is 3.57. The van der Waals surface area contributed by atoms with Gasteiger partial charge >= 0.3 is 0 Å². The Morgan fingerprint density at radius 3 is 2.79 bits per heavy atom. The minimum atomic E-state index is 0.359. The maximum absolute atomic E-state index is 5.69. The van der Waals surface area contributed by atoms with Gasteiger partial charge in [-0.2, -0.15) is 0 Å². The highest BCUT2D eigenvalue weighted by Crippen LogP contribution is 2.25. The second-order valence-corrected chi connectivity index (χ2v) is 4.73. The number of hydrogen-bond donors (Lipinski definition) is 1. The summed E-state index contributed by atoms with van der Waals surface area (Å²) in [6.45, 7) is 1.88. The first-order chi connectivity index (χ1) is 9.28. The van der Waals surface area contributed by atoms with E-state index >= 15 is 0 Å². The van der Waals surface area contributed by atoms with Gasteiger partial charge in [0.15, 0.2) is 5.65 Å². The zero-order chi connectivity index (χ0) is 13.2. The maximum atomic E-state index is 5.69. The summed E-state index contributed by atoms with van der Waals surface area (Å²) in [5, 5.41) is 0.951. The molecule has 0 aliphatic carbocycles. The number of piperidine rings is 1. The molecule has 19 heavy (non-hydrogen) atoms. The highest BCUT2D eigenvalue weighted by atomic mass is 16.5. The average Bonchev–Trinajstić information content (AvgIpc) is 2.46. The second kappa shape index (κ2) is 4.97. The Hall–Kier alpha value is -1.95. The minimum absolute atomic E-state index is 0.359. The predicted octanol–water partition coefficient (Wildman–Crippen LogP) is 1.22. The molecular formula is C13H17N5O. The van der Waals surface area contributed by atoms with Crippen LogP contribution in [0.25, 0.3) is 11.0 Å². The Balaban J connectivity index is 1.93. The van der Waals surface area contributed by atoms with Gasteiger partial charge in [-0.15, -0.1) is 0 Å². The van der Waals surface area contributed by atoms with Crippen LogP contribution in [0, 0.1) is 0 Å². The van der Waals surface area contributed by atoms with Crippen LogP contribution in [0.5, 0.6) is 0 Å². The summed E-state index contributed by atoms with van der Waals surface area (Å²) in [4.78, 5) is 15.1. The molecule has 2 N–H and O–H groups in total. The number of anilines is 2. The maximum Gasteiger partial charge on any atom is 0.166 e. The van der Waals surface area contributed by atoms with E-state index in [1.807, 2.05) is 6.07 Å². The highest BCUT2D eigenvalue weighted by molar-refractivity contribution is 5.87. The first kappa shape index (κ1) is 12.1. The minimum Gasteiger partial charge on any atom is -0.384 e. The van der Waals surface area contributed by atoms with E-state index in [1.165, 1.54) is 0 Å².